The third-order valence-electron chi connectivity index (χ3n) is 2.33. The van der Waals surface area contributed by atoms with Gasteiger partial charge in [0.15, 0.2) is 0 Å². The van der Waals surface area contributed by atoms with Crippen LogP contribution in [0.15, 0.2) is 12.3 Å². The van der Waals surface area contributed by atoms with Gasteiger partial charge in [0.1, 0.15) is 0 Å². The summed E-state index contributed by atoms with van der Waals surface area (Å²) in [5.74, 6) is 0. The lowest BCUT2D eigenvalue weighted by atomic mass is 9.87. The molecule has 13 heavy (non-hydrogen) atoms. The van der Waals surface area contributed by atoms with Gasteiger partial charge in [0.25, 0.3) is 0 Å². The van der Waals surface area contributed by atoms with Crippen LogP contribution in [0.25, 0.3) is 0 Å². The molecule has 0 aliphatic heterocycles. The van der Waals surface area contributed by atoms with Gasteiger partial charge in [0.05, 0.1) is 13.4 Å². The second-order valence-electron chi connectivity index (χ2n) is 4.34. The Balaban J connectivity index is 3.56. The first-order valence-corrected chi connectivity index (χ1v) is 5.33. The van der Waals surface area contributed by atoms with E-state index >= 15 is 0 Å². The number of hydrogen-bond acceptors (Lipinski definition) is 1. The normalized spacial score (nSPS) is 12.3. The molecule has 78 valence electrons. The molecule has 0 saturated carbocycles. The Hall–Kier alpha value is -0.460. The minimum atomic E-state index is 0.295. The standard InChI is InChI=1S/C12H24O/c1-5-6-7-8-9-12(2,3)10-11-13-4/h10-11H,5-9H2,1-4H3. The Labute approximate surface area is 83.2 Å². The lowest BCUT2D eigenvalue weighted by Crippen LogP contribution is -2.06. The molecule has 0 saturated heterocycles. The molecule has 0 amide bonds. The smallest absolute Gasteiger partial charge is 0.0790 e. The van der Waals surface area contributed by atoms with Crippen molar-refractivity contribution in [3.8, 4) is 0 Å². The minimum absolute atomic E-state index is 0.295. The average molecular weight is 184 g/mol. The summed E-state index contributed by atoms with van der Waals surface area (Å²) in [5, 5.41) is 0. The van der Waals surface area contributed by atoms with Crippen molar-refractivity contribution in [1.29, 1.82) is 0 Å². The van der Waals surface area contributed by atoms with Crippen LogP contribution in [0.1, 0.15) is 52.9 Å². The third-order valence-corrected chi connectivity index (χ3v) is 2.33. The molecule has 0 aromatic carbocycles. The highest BCUT2D eigenvalue weighted by molar-refractivity contribution is 4.90. The highest BCUT2D eigenvalue weighted by atomic mass is 16.5. The van der Waals surface area contributed by atoms with Crippen molar-refractivity contribution in [2.45, 2.75) is 52.9 Å². The quantitative estimate of drug-likeness (QED) is 0.427. The molecule has 0 aromatic heterocycles. The molecule has 1 nitrogen and oxygen atoms in total. The lowest BCUT2D eigenvalue weighted by Gasteiger charge is -2.19. The number of methoxy groups -OCH3 is 1. The fraction of sp³-hybridized carbons (Fsp3) is 0.833. The van der Waals surface area contributed by atoms with Crippen molar-refractivity contribution in [1.82, 2.24) is 0 Å². The second-order valence-corrected chi connectivity index (χ2v) is 4.34. The van der Waals surface area contributed by atoms with E-state index in [0.29, 0.717) is 5.41 Å². The Morgan fingerprint density at radius 1 is 1.15 bits per heavy atom. The first-order valence-electron chi connectivity index (χ1n) is 5.33. The molecule has 0 N–H and O–H groups in total. The van der Waals surface area contributed by atoms with E-state index in [9.17, 15) is 0 Å². The first kappa shape index (κ1) is 12.5. The van der Waals surface area contributed by atoms with E-state index in [2.05, 4.69) is 26.8 Å². The summed E-state index contributed by atoms with van der Waals surface area (Å²) < 4.78 is 4.92. The summed E-state index contributed by atoms with van der Waals surface area (Å²) in [6, 6.07) is 0. The van der Waals surface area contributed by atoms with Gasteiger partial charge in [0.2, 0.25) is 0 Å². The van der Waals surface area contributed by atoms with Crippen LogP contribution in [0.4, 0.5) is 0 Å². The van der Waals surface area contributed by atoms with Crippen molar-refractivity contribution in [2.75, 3.05) is 7.11 Å². The van der Waals surface area contributed by atoms with Gasteiger partial charge in [-0.25, -0.2) is 0 Å². The van der Waals surface area contributed by atoms with Gasteiger partial charge in [0, 0.05) is 0 Å². The average Bonchev–Trinajstić information content (AvgIpc) is 2.09. The maximum absolute atomic E-state index is 4.92. The Kier molecular flexibility index (Phi) is 6.75. The monoisotopic (exact) mass is 184 g/mol. The zero-order valence-corrected chi connectivity index (χ0v) is 9.60. The molecular formula is C12H24O. The summed E-state index contributed by atoms with van der Waals surface area (Å²) in [5.41, 5.74) is 0.295. The molecule has 0 unspecified atom stereocenters. The largest absolute Gasteiger partial charge is 0.505 e. The topological polar surface area (TPSA) is 9.23 Å². The summed E-state index contributed by atoms with van der Waals surface area (Å²) in [6.07, 6.45) is 10.6. The van der Waals surface area contributed by atoms with E-state index in [1.807, 2.05) is 0 Å². The molecule has 0 bridgehead atoms. The van der Waals surface area contributed by atoms with Gasteiger partial charge in [-0.3, -0.25) is 0 Å². The third kappa shape index (κ3) is 7.89. The van der Waals surface area contributed by atoms with Crippen molar-refractivity contribution in [2.24, 2.45) is 5.41 Å². The van der Waals surface area contributed by atoms with Crippen molar-refractivity contribution in [3.05, 3.63) is 12.3 Å². The lowest BCUT2D eigenvalue weighted by molar-refractivity contribution is 0.321. The molecule has 0 radical (unpaired) electrons. The molecule has 0 aromatic rings. The van der Waals surface area contributed by atoms with E-state index in [4.69, 9.17) is 4.74 Å². The second kappa shape index (κ2) is 6.99. The summed E-state index contributed by atoms with van der Waals surface area (Å²) in [4.78, 5) is 0. The Morgan fingerprint density at radius 2 is 1.85 bits per heavy atom. The maximum Gasteiger partial charge on any atom is 0.0790 e. The Bertz CT molecular complexity index is 136. The van der Waals surface area contributed by atoms with Gasteiger partial charge >= 0.3 is 0 Å². The molecule has 0 atom stereocenters. The number of unbranched alkanes of at least 4 members (excludes halogenated alkanes) is 3. The van der Waals surface area contributed by atoms with Gasteiger partial charge in [-0.1, -0.05) is 46.5 Å². The minimum Gasteiger partial charge on any atom is -0.505 e. The molecule has 1 heteroatoms. The van der Waals surface area contributed by atoms with Crippen molar-refractivity contribution >= 4 is 0 Å². The molecule has 0 aliphatic carbocycles. The molecule has 0 rings (SSSR count). The van der Waals surface area contributed by atoms with E-state index in [-0.39, 0.29) is 0 Å². The maximum atomic E-state index is 4.92. The predicted molar refractivity (Wildman–Crippen MR) is 58.7 cm³/mol. The predicted octanol–water partition coefficient (Wildman–Crippen LogP) is 4.14. The van der Waals surface area contributed by atoms with E-state index in [1.165, 1.54) is 32.1 Å². The van der Waals surface area contributed by atoms with Gasteiger partial charge < -0.3 is 4.74 Å². The van der Waals surface area contributed by atoms with Gasteiger partial charge in [-0.05, 0) is 17.9 Å². The first-order chi connectivity index (χ1) is 6.12. The van der Waals surface area contributed by atoms with Crippen LogP contribution >= 0.6 is 0 Å². The van der Waals surface area contributed by atoms with Crippen molar-refractivity contribution < 1.29 is 4.74 Å². The molecule has 0 fully saturated rings. The van der Waals surface area contributed by atoms with Crippen molar-refractivity contribution in [3.63, 3.8) is 0 Å². The molecular weight excluding hydrogens is 160 g/mol. The number of ether oxygens (including phenoxy) is 1. The van der Waals surface area contributed by atoms with Gasteiger partial charge in [-0.2, -0.15) is 0 Å². The van der Waals surface area contributed by atoms with Crippen LogP contribution in [0.5, 0.6) is 0 Å². The van der Waals surface area contributed by atoms with Crippen LogP contribution in [0.2, 0.25) is 0 Å². The molecule has 0 heterocycles. The fourth-order valence-electron chi connectivity index (χ4n) is 1.34. The van der Waals surface area contributed by atoms with Crippen LogP contribution in [-0.4, -0.2) is 7.11 Å². The summed E-state index contributed by atoms with van der Waals surface area (Å²) >= 11 is 0. The molecule has 0 aliphatic rings. The summed E-state index contributed by atoms with van der Waals surface area (Å²) in [6.45, 7) is 6.76. The van der Waals surface area contributed by atoms with Crippen LogP contribution < -0.4 is 0 Å². The highest BCUT2D eigenvalue weighted by Gasteiger charge is 2.12. The summed E-state index contributed by atoms with van der Waals surface area (Å²) in [7, 11) is 1.70. The number of hydrogen-bond donors (Lipinski definition) is 0. The number of rotatable bonds is 7. The fourth-order valence-corrected chi connectivity index (χ4v) is 1.34. The van der Waals surface area contributed by atoms with E-state index in [1.54, 1.807) is 13.4 Å². The van der Waals surface area contributed by atoms with Gasteiger partial charge in [-0.15, -0.1) is 0 Å². The zero-order valence-electron chi connectivity index (χ0n) is 9.60. The highest BCUT2D eigenvalue weighted by Crippen LogP contribution is 2.25. The van der Waals surface area contributed by atoms with Crippen LogP contribution in [-0.2, 0) is 4.74 Å². The SMILES string of the molecule is CCCCCCC(C)(C)C=COC. The van der Waals surface area contributed by atoms with Crippen LogP contribution in [0.3, 0.4) is 0 Å². The number of allylic oxidation sites excluding steroid dienone is 1. The zero-order chi connectivity index (χ0) is 10.2. The van der Waals surface area contributed by atoms with E-state index in [0.717, 1.165) is 0 Å². The Morgan fingerprint density at radius 3 is 2.38 bits per heavy atom. The molecule has 0 spiro atoms. The van der Waals surface area contributed by atoms with E-state index < -0.39 is 0 Å². The van der Waals surface area contributed by atoms with Crippen LogP contribution in [0, 0.1) is 5.41 Å².